The van der Waals surface area contributed by atoms with E-state index in [-0.39, 0.29) is 0 Å². The average molecular weight is 178 g/mol. The monoisotopic (exact) mass is 178 g/mol. The highest BCUT2D eigenvalue weighted by Gasteiger charge is 2.33. The zero-order valence-electron chi connectivity index (χ0n) is 8.96. The predicted molar refractivity (Wildman–Crippen MR) is 56.3 cm³/mol. The third kappa shape index (κ3) is 1.86. The summed E-state index contributed by atoms with van der Waals surface area (Å²) in [5, 5.41) is 0. The molecule has 1 nitrogen and oxygen atoms in total. The SMILES string of the molecule is CC1=CC2CC[N+](C)(C)CC2C=C1. The van der Waals surface area contributed by atoms with Crippen molar-refractivity contribution in [1.29, 1.82) is 0 Å². The Labute approximate surface area is 81.3 Å². The maximum atomic E-state index is 2.46. The van der Waals surface area contributed by atoms with Crippen molar-refractivity contribution in [3.8, 4) is 0 Å². The average Bonchev–Trinajstić information content (AvgIpc) is 2.05. The standard InChI is InChI=1S/C12H20N/c1-10-4-5-12-9-13(2,3)7-6-11(12)8-10/h4-5,8,11-12H,6-7,9H2,1-3H3/q+1. The van der Waals surface area contributed by atoms with Gasteiger partial charge in [0, 0.05) is 12.3 Å². The summed E-state index contributed by atoms with van der Waals surface area (Å²) in [5.74, 6) is 1.63. The molecule has 0 aromatic rings. The van der Waals surface area contributed by atoms with Crippen LogP contribution in [0.1, 0.15) is 13.3 Å². The fraction of sp³-hybridized carbons (Fsp3) is 0.667. The molecule has 0 spiro atoms. The van der Waals surface area contributed by atoms with Crippen LogP contribution in [0.15, 0.2) is 23.8 Å². The molecule has 1 heterocycles. The van der Waals surface area contributed by atoms with E-state index in [9.17, 15) is 0 Å². The minimum Gasteiger partial charge on any atom is -0.328 e. The maximum absolute atomic E-state index is 2.46. The van der Waals surface area contributed by atoms with E-state index in [1.54, 1.807) is 0 Å². The molecule has 0 radical (unpaired) electrons. The molecule has 0 N–H and O–H groups in total. The first-order valence-corrected chi connectivity index (χ1v) is 5.25. The largest absolute Gasteiger partial charge is 0.328 e. The minimum atomic E-state index is 0.799. The molecule has 2 aliphatic rings. The summed E-state index contributed by atoms with van der Waals surface area (Å²) in [4.78, 5) is 0. The van der Waals surface area contributed by atoms with E-state index in [1.807, 2.05) is 0 Å². The fourth-order valence-electron chi connectivity index (χ4n) is 2.59. The smallest absolute Gasteiger partial charge is 0.0852 e. The highest BCUT2D eigenvalue weighted by molar-refractivity contribution is 5.24. The number of likely N-dealkylation sites (tertiary alicyclic amines) is 1. The summed E-state index contributed by atoms with van der Waals surface area (Å²) < 4.78 is 1.19. The van der Waals surface area contributed by atoms with E-state index in [1.165, 1.54) is 29.6 Å². The Morgan fingerprint density at radius 2 is 2.08 bits per heavy atom. The second kappa shape index (κ2) is 2.98. The lowest BCUT2D eigenvalue weighted by Crippen LogP contribution is -2.50. The van der Waals surface area contributed by atoms with Crippen LogP contribution in [0.5, 0.6) is 0 Å². The zero-order valence-corrected chi connectivity index (χ0v) is 8.96. The highest BCUT2D eigenvalue weighted by atomic mass is 15.3. The summed E-state index contributed by atoms with van der Waals surface area (Å²) in [6.07, 6.45) is 8.52. The zero-order chi connectivity index (χ0) is 9.47. The highest BCUT2D eigenvalue weighted by Crippen LogP contribution is 2.32. The molecule has 1 aliphatic heterocycles. The van der Waals surface area contributed by atoms with Crippen molar-refractivity contribution < 1.29 is 4.48 Å². The van der Waals surface area contributed by atoms with Gasteiger partial charge < -0.3 is 4.48 Å². The second-order valence-electron chi connectivity index (χ2n) is 5.23. The molecular weight excluding hydrogens is 158 g/mol. The van der Waals surface area contributed by atoms with Gasteiger partial charge >= 0.3 is 0 Å². The molecule has 72 valence electrons. The van der Waals surface area contributed by atoms with Gasteiger partial charge in [-0.15, -0.1) is 0 Å². The summed E-state index contributed by atoms with van der Waals surface area (Å²) in [6, 6.07) is 0. The van der Waals surface area contributed by atoms with Crippen LogP contribution in [0, 0.1) is 11.8 Å². The molecule has 0 saturated carbocycles. The van der Waals surface area contributed by atoms with Gasteiger partial charge in [-0.05, 0) is 12.8 Å². The molecule has 0 amide bonds. The van der Waals surface area contributed by atoms with Crippen LogP contribution >= 0.6 is 0 Å². The van der Waals surface area contributed by atoms with E-state index in [2.05, 4.69) is 39.2 Å². The maximum Gasteiger partial charge on any atom is 0.0852 e. The number of rotatable bonds is 0. The summed E-state index contributed by atoms with van der Waals surface area (Å²) in [6.45, 7) is 4.85. The van der Waals surface area contributed by atoms with Gasteiger partial charge in [-0.25, -0.2) is 0 Å². The summed E-state index contributed by atoms with van der Waals surface area (Å²) >= 11 is 0. The lowest BCUT2D eigenvalue weighted by molar-refractivity contribution is -0.899. The number of quaternary nitrogens is 1. The number of nitrogens with zero attached hydrogens (tertiary/aromatic N) is 1. The van der Waals surface area contributed by atoms with Gasteiger partial charge in [-0.3, -0.25) is 0 Å². The molecule has 1 aliphatic carbocycles. The Kier molecular flexibility index (Phi) is 2.07. The van der Waals surface area contributed by atoms with Gasteiger partial charge in [0.2, 0.25) is 0 Å². The van der Waals surface area contributed by atoms with Crippen molar-refractivity contribution in [2.75, 3.05) is 27.2 Å². The molecule has 13 heavy (non-hydrogen) atoms. The first kappa shape index (κ1) is 9.01. The normalized spacial score (nSPS) is 36.7. The first-order valence-electron chi connectivity index (χ1n) is 5.25. The van der Waals surface area contributed by atoms with E-state index in [4.69, 9.17) is 0 Å². The predicted octanol–water partition coefficient (Wildman–Crippen LogP) is 2.21. The minimum absolute atomic E-state index is 0.799. The third-order valence-electron chi connectivity index (χ3n) is 3.41. The molecule has 1 heteroatoms. The Morgan fingerprint density at radius 1 is 1.31 bits per heavy atom. The van der Waals surface area contributed by atoms with E-state index < -0.39 is 0 Å². The van der Waals surface area contributed by atoms with Crippen molar-refractivity contribution in [1.82, 2.24) is 0 Å². The second-order valence-corrected chi connectivity index (χ2v) is 5.23. The van der Waals surface area contributed by atoms with Crippen molar-refractivity contribution in [2.45, 2.75) is 13.3 Å². The van der Waals surface area contributed by atoms with Crippen LogP contribution in [-0.2, 0) is 0 Å². The van der Waals surface area contributed by atoms with Gasteiger partial charge in [0.15, 0.2) is 0 Å². The first-order chi connectivity index (χ1) is 6.07. The fourth-order valence-corrected chi connectivity index (χ4v) is 2.59. The van der Waals surface area contributed by atoms with Crippen molar-refractivity contribution >= 4 is 0 Å². The quantitative estimate of drug-likeness (QED) is 0.499. The molecular formula is C12H20N+. The van der Waals surface area contributed by atoms with Crippen LogP contribution < -0.4 is 0 Å². The van der Waals surface area contributed by atoms with Crippen molar-refractivity contribution in [2.24, 2.45) is 11.8 Å². The molecule has 2 atom stereocenters. The van der Waals surface area contributed by atoms with Crippen LogP contribution in [-0.4, -0.2) is 31.7 Å². The van der Waals surface area contributed by atoms with Crippen LogP contribution in [0.2, 0.25) is 0 Å². The third-order valence-corrected chi connectivity index (χ3v) is 3.41. The summed E-state index contributed by atoms with van der Waals surface area (Å²) in [5.41, 5.74) is 1.45. The molecule has 2 unspecified atom stereocenters. The lowest BCUT2D eigenvalue weighted by atomic mass is 9.80. The van der Waals surface area contributed by atoms with Gasteiger partial charge in [0.1, 0.15) is 0 Å². The van der Waals surface area contributed by atoms with Gasteiger partial charge in [0.25, 0.3) is 0 Å². The molecule has 0 aromatic heterocycles. The number of piperidine rings is 1. The number of hydrogen-bond donors (Lipinski definition) is 0. The molecule has 1 saturated heterocycles. The van der Waals surface area contributed by atoms with E-state index >= 15 is 0 Å². The Bertz CT molecular complexity index is 260. The van der Waals surface area contributed by atoms with E-state index in [0.717, 1.165) is 11.8 Å². The Morgan fingerprint density at radius 3 is 2.85 bits per heavy atom. The molecule has 1 fully saturated rings. The van der Waals surface area contributed by atoms with E-state index in [0.29, 0.717) is 0 Å². The van der Waals surface area contributed by atoms with Crippen LogP contribution in [0.3, 0.4) is 0 Å². The summed E-state index contributed by atoms with van der Waals surface area (Å²) in [7, 11) is 4.68. The topological polar surface area (TPSA) is 0 Å². The molecule has 2 rings (SSSR count). The number of hydrogen-bond acceptors (Lipinski definition) is 0. The van der Waals surface area contributed by atoms with Gasteiger partial charge in [-0.2, -0.15) is 0 Å². The van der Waals surface area contributed by atoms with Gasteiger partial charge in [0.05, 0.1) is 27.2 Å². The Hall–Kier alpha value is -0.560. The van der Waals surface area contributed by atoms with Crippen LogP contribution in [0.25, 0.3) is 0 Å². The molecule has 0 aromatic carbocycles. The lowest BCUT2D eigenvalue weighted by Gasteiger charge is -2.41. The van der Waals surface area contributed by atoms with Gasteiger partial charge in [-0.1, -0.05) is 23.8 Å². The van der Waals surface area contributed by atoms with Crippen molar-refractivity contribution in [3.05, 3.63) is 23.8 Å². The molecule has 0 bridgehead atoms. The van der Waals surface area contributed by atoms with Crippen molar-refractivity contribution in [3.63, 3.8) is 0 Å². The van der Waals surface area contributed by atoms with Crippen LogP contribution in [0.4, 0.5) is 0 Å². The Balaban J connectivity index is 2.13. The number of fused-ring (bicyclic) bond motifs is 1. The number of allylic oxidation sites excluding steroid dienone is 3.